The van der Waals surface area contributed by atoms with Crippen LogP contribution in [-0.2, 0) is 4.57 Å². The molecule has 1 aromatic carbocycles. The average molecular weight is 336 g/mol. The predicted molar refractivity (Wildman–Crippen MR) is 100 cm³/mol. The van der Waals surface area contributed by atoms with Crippen LogP contribution in [0.25, 0.3) is 11.0 Å². The van der Waals surface area contributed by atoms with Crippen molar-refractivity contribution >= 4 is 37.6 Å². The summed E-state index contributed by atoms with van der Waals surface area (Å²) in [4.78, 5) is 9.56. The molecule has 0 amide bonds. The highest BCUT2D eigenvalue weighted by atomic mass is 31.2. The van der Waals surface area contributed by atoms with Gasteiger partial charge in [0.1, 0.15) is 12.6 Å². The highest BCUT2D eigenvalue weighted by molar-refractivity contribution is 7.72. The summed E-state index contributed by atoms with van der Waals surface area (Å²) in [6.07, 6.45) is 6.27. The average Bonchev–Trinajstić information content (AvgIpc) is 2.52. The summed E-state index contributed by atoms with van der Waals surface area (Å²) >= 11 is 0. The fourth-order valence-corrected chi connectivity index (χ4v) is 6.46. The van der Waals surface area contributed by atoms with E-state index in [0.29, 0.717) is 8.58 Å². The molecule has 0 saturated carbocycles. The van der Waals surface area contributed by atoms with E-state index >= 15 is 0 Å². The van der Waals surface area contributed by atoms with Crippen LogP contribution in [0.1, 0.15) is 39.5 Å². The number of unbranched alkanes of at least 4 members (excludes halogenated alkanes) is 2. The van der Waals surface area contributed by atoms with Crippen LogP contribution in [0.2, 0.25) is 0 Å². The van der Waals surface area contributed by atoms with E-state index in [4.69, 9.17) is 9.97 Å². The Morgan fingerprint density at radius 1 is 1.05 bits per heavy atom. The van der Waals surface area contributed by atoms with Crippen LogP contribution < -0.4 is 10.9 Å². The van der Waals surface area contributed by atoms with Crippen LogP contribution in [0, 0.1) is 0 Å². The van der Waals surface area contributed by atoms with Crippen molar-refractivity contribution in [1.29, 1.82) is 0 Å². The lowest BCUT2D eigenvalue weighted by atomic mass is 10.3. The molecule has 1 aromatic heterocycles. The molecule has 0 saturated heterocycles. The number of nitrogens with zero attached hydrogens (tertiary/aromatic N) is 2. The predicted octanol–water partition coefficient (Wildman–Crippen LogP) is 4.15. The van der Waals surface area contributed by atoms with Gasteiger partial charge in [0.15, 0.2) is 0 Å². The van der Waals surface area contributed by atoms with Crippen molar-refractivity contribution in [2.24, 2.45) is 0 Å². The second-order valence-electron chi connectivity index (χ2n) is 5.84. The topological polar surface area (TPSA) is 42.9 Å². The summed E-state index contributed by atoms with van der Waals surface area (Å²) in [5, 5.41) is 0. The van der Waals surface area contributed by atoms with Gasteiger partial charge in [-0.25, -0.2) is 9.97 Å². The molecule has 22 heavy (non-hydrogen) atoms. The Hall–Kier alpha value is -0.780. The lowest BCUT2D eigenvalue weighted by Crippen LogP contribution is -2.29. The Morgan fingerprint density at radius 3 is 2.32 bits per heavy atom. The van der Waals surface area contributed by atoms with Gasteiger partial charge >= 0.3 is 0 Å². The third kappa shape index (κ3) is 4.37. The highest BCUT2D eigenvalue weighted by Gasteiger charge is 2.24. The molecule has 0 aliphatic rings. The first-order valence-corrected chi connectivity index (χ1v) is 11.7. The third-order valence-corrected chi connectivity index (χ3v) is 7.64. The number of rotatable bonds is 8. The molecule has 1 heterocycles. The van der Waals surface area contributed by atoms with E-state index in [0.717, 1.165) is 47.1 Å². The molecule has 0 bridgehead atoms. The summed E-state index contributed by atoms with van der Waals surface area (Å²) in [5.41, 5.74) is 3.55. The summed E-state index contributed by atoms with van der Waals surface area (Å²) in [6, 6.07) is 7.90. The summed E-state index contributed by atoms with van der Waals surface area (Å²) in [6.45, 7) is 6.22. The molecule has 0 N–H and O–H groups in total. The van der Waals surface area contributed by atoms with E-state index in [1.807, 2.05) is 30.9 Å². The minimum atomic E-state index is -2.42. The maximum Gasteiger partial charge on any atom is 0.132 e. The molecule has 120 valence electrons. The van der Waals surface area contributed by atoms with E-state index in [9.17, 15) is 4.57 Å². The monoisotopic (exact) mass is 336 g/mol. The van der Waals surface area contributed by atoms with Crippen molar-refractivity contribution in [2.75, 3.05) is 19.0 Å². The van der Waals surface area contributed by atoms with Gasteiger partial charge in [-0.3, -0.25) is 0 Å². The Kier molecular flexibility index (Phi) is 6.53. The first-order valence-electron chi connectivity index (χ1n) is 8.16. The van der Waals surface area contributed by atoms with E-state index in [1.165, 1.54) is 12.8 Å². The number of fused-ring (bicyclic) bond motifs is 1. The Labute approximate surface area is 135 Å². The standard InChI is InChI=1S/C17H26N2OP2/c1-4-6-12-21-16-17(22(3,20)13-7-5-2)19-15-11-9-8-10-14(15)18-16/h8-11,21H,4-7,12-13H2,1-3H3. The van der Waals surface area contributed by atoms with E-state index < -0.39 is 7.14 Å². The third-order valence-electron chi connectivity index (χ3n) is 3.76. The molecule has 2 unspecified atom stereocenters. The van der Waals surface area contributed by atoms with Crippen LogP contribution >= 0.6 is 15.7 Å². The molecule has 0 aliphatic heterocycles. The normalized spacial score (nSPS) is 14.7. The van der Waals surface area contributed by atoms with E-state index in [2.05, 4.69) is 13.8 Å². The van der Waals surface area contributed by atoms with Crippen LogP contribution in [0.3, 0.4) is 0 Å². The molecule has 2 atom stereocenters. The Bertz CT molecular complexity index is 673. The van der Waals surface area contributed by atoms with Crippen molar-refractivity contribution in [2.45, 2.75) is 39.5 Å². The van der Waals surface area contributed by atoms with Crippen LogP contribution in [0.4, 0.5) is 0 Å². The number of benzene rings is 1. The SMILES string of the molecule is CCCCPc1nc2ccccc2nc1P(C)(=O)CCCC. The smallest absolute Gasteiger partial charge is 0.132 e. The van der Waals surface area contributed by atoms with Crippen molar-refractivity contribution in [3.63, 3.8) is 0 Å². The molecule has 3 nitrogen and oxygen atoms in total. The quantitative estimate of drug-likeness (QED) is 0.537. The molecular formula is C17H26N2OP2. The summed E-state index contributed by atoms with van der Waals surface area (Å²) in [7, 11) is -1.81. The molecule has 0 spiro atoms. The van der Waals surface area contributed by atoms with E-state index in [-0.39, 0.29) is 0 Å². The summed E-state index contributed by atoms with van der Waals surface area (Å²) in [5.74, 6) is 0. The number of para-hydroxylation sites is 2. The number of hydrogen-bond donors (Lipinski definition) is 0. The summed E-state index contributed by atoms with van der Waals surface area (Å²) < 4.78 is 13.2. The minimum absolute atomic E-state index is 0.606. The van der Waals surface area contributed by atoms with Crippen LogP contribution in [0.15, 0.2) is 24.3 Å². The molecule has 5 heteroatoms. The molecule has 0 aliphatic carbocycles. The molecule has 2 rings (SSSR count). The van der Waals surface area contributed by atoms with Crippen molar-refractivity contribution in [3.05, 3.63) is 24.3 Å². The van der Waals surface area contributed by atoms with Crippen LogP contribution in [0.5, 0.6) is 0 Å². The number of aromatic nitrogens is 2. The fourth-order valence-electron chi connectivity index (χ4n) is 2.39. The van der Waals surface area contributed by atoms with Gasteiger partial charge in [-0.1, -0.05) is 47.4 Å². The fraction of sp³-hybridized carbons (Fsp3) is 0.529. The van der Waals surface area contributed by atoms with Gasteiger partial charge in [-0.15, -0.1) is 0 Å². The Balaban J connectivity index is 2.43. The van der Waals surface area contributed by atoms with Gasteiger partial charge in [0.2, 0.25) is 0 Å². The zero-order chi connectivity index (χ0) is 16.0. The van der Waals surface area contributed by atoms with Crippen LogP contribution in [-0.4, -0.2) is 29.0 Å². The van der Waals surface area contributed by atoms with Gasteiger partial charge in [-0.2, -0.15) is 0 Å². The largest absolute Gasteiger partial charge is 0.317 e. The Morgan fingerprint density at radius 2 is 1.68 bits per heavy atom. The molecule has 2 aromatic rings. The lowest BCUT2D eigenvalue weighted by molar-refractivity contribution is 0.582. The van der Waals surface area contributed by atoms with Gasteiger partial charge in [0, 0.05) is 6.16 Å². The zero-order valence-electron chi connectivity index (χ0n) is 13.8. The molecule has 0 radical (unpaired) electrons. The van der Waals surface area contributed by atoms with Gasteiger partial charge in [-0.05, 0) is 37.8 Å². The molecular weight excluding hydrogens is 310 g/mol. The van der Waals surface area contributed by atoms with E-state index in [1.54, 1.807) is 0 Å². The second kappa shape index (κ2) is 8.18. The number of hydrogen-bond acceptors (Lipinski definition) is 3. The van der Waals surface area contributed by atoms with Crippen molar-refractivity contribution in [1.82, 2.24) is 9.97 Å². The first kappa shape index (κ1) is 17.6. The molecule has 0 fully saturated rings. The second-order valence-corrected chi connectivity index (χ2v) is 10.2. The first-order chi connectivity index (χ1) is 10.6. The lowest BCUT2D eigenvalue weighted by Gasteiger charge is -2.16. The van der Waals surface area contributed by atoms with Crippen molar-refractivity contribution in [3.8, 4) is 0 Å². The van der Waals surface area contributed by atoms with Gasteiger partial charge in [0.25, 0.3) is 0 Å². The maximum atomic E-state index is 13.2. The minimum Gasteiger partial charge on any atom is -0.317 e. The van der Waals surface area contributed by atoms with Gasteiger partial charge < -0.3 is 4.57 Å². The zero-order valence-corrected chi connectivity index (χ0v) is 15.7. The maximum absolute atomic E-state index is 13.2. The van der Waals surface area contributed by atoms with Crippen molar-refractivity contribution < 1.29 is 4.57 Å². The van der Waals surface area contributed by atoms with Gasteiger partial charge in [0.05, 0.1) is 16.5 Å². The highest BCUT2D eigenvalue weighted by Crippen LogP contribution is 2.40.